The van der Waals surface area contributed by atoms with E-state index in [1.165, 1.54) is 0 Å². The first-order valence-electron chi connectivity index (χ1n) is 5.82. The largest absolute Gasteiger partial charge is 0.330 e. The highest BCUT2D eigenvalue weighted by atomic mass is 32.2. The molecule has 16 heavy (non-hydrogen) atoms. The number of nitrogens with zero attached hydrogens (tertiary/aromatic N) is 2. The van der Waals surface area contributed by atoms with Crippen LogP contribution in [0.5, 0.6) is 0 Å². The Morgan fingerprint density at radius 1 is 1.44 bits per heavy atom. The van der Waals surface area contributed by atoms with Crippen LogP contribution in [-0.4, -0.2) is 21.6 Å². The van der Waals surface area contributed by atoms with Crippen LogP contribution in [0, 0.1) is 5.92 Å². The molecule has 2 unspecified atom stereocenters. The van der Waals surface area contributed by atoms with Crippen LogP contribution in [0.2, 0.25) is 0 Å². The molecule has 0 saturated heterocycles. The van der Waals surface area contributed by atoms with Gasteiger partial charge in [-0.25, -0.2) is 4.98 Å². The Bertz CT molecular complexity index is 309. The minimum absolute atomic E-state index is 0.104. The van der Waals surface area contributed by atoms with Gasteiger partial charge in [-0.05, 0) is 25.5 Å². The zero-order chi connectivity index (χ0) is 12.1. The summed E-state index contributed by atoms with van der Waals surface area (Å²) < 4.78 is 2.21. The maximum Gasteiger partial charge on any atom is 0.0951 e. The molecular weight excluding hydrogens is 218 g/mol. The molecule has 0 saturated carbocycles. The molecule has 1 aromatic rings. The minimum Gasteiger partial charge on any atom is -0.330 e. The molecule has 2 atom stereocenters. The van der Waals surface area contributed by atoms with Gasteiger partial charge < -0.3 is 10.3 Å². The van der Waals surface area contributed by atoms with E-state index in [1.54, 1.807) is 0 Å². The second kappa shape index (κ2) is 6.30. The molecule has 0 aliphatic rings. The van der Waals surface area contributed by atoms with E-state index < -0.39 is 0 Å². The van der Waals surface area contributed by atoms with Crippen molar-refractivity contribution >= 4 is 11.8 Å². The van der Waals surface area contributed by atoms with Crippen LogP contribution < -0.4 is 5.73 Å². The van der Waals surface area contributed by atoms with E-state index in [9.17, 15) is 0 Å². The third-order valence-corrected chi connectivity index (χ3v) is 3.50. The lowest BCUT2D eigenvalue weighted by atomic mass is 10.0. The summed E-state index contributed by atoms with van der Waals surface area (Å²) >= 11 is 1.85. The monoisotopic (exact) mass is 241 g/mol. The third kappa shape index (κ3) is 3.52. The quantitative estimate of drug-likeness (QED) is 0.833. The Kier molecular flexibility index (Phi) is 5.35. The smallest absolute Gasteiger partial charge is 0.0951 e. The molecule has 0 bridgehead atoms. The summed E-state index contributed by atoms with van der Waals surface area (Å²) in [6, 6.07) is 0.567. The van der Waals surface area contributed by atoms with Crippen molar-refractivity contribution in [2.45, 2.75) is 39.3 Å². The molecule has 1 heterocycles. The fourth-order valence-electron chi connectivity index (χ4n) is 1.92. The van der Waals surface area contributed by atoms with E-state index in [1.807, 2.05) is 24.3 Å². The number of rotatable bonds is 6. The zero-order valence-electron chi connectivity index (χ0n) is 10.7. The van der Waals surface area contributed by atoms with Crippen LogP contribution >= 0.6 is 11.8 Å². The lowest BCUT2D eigenvalue weighted by Gasteiger charge is -2.20. The van der Waals surface area contributed by atoms with Gasteiger partial charge in [0.2, 0.25) is 0 Å². The van der Waals surface area contributed by atoms with Crippen LogP contribution in [0.25, 0.3) is 0 Å². The predicted octanol–water partition coefficient (Wildman–Crippen LogP) is 2.85. The summed E-state index contributed by atoms with van der Waals surface area (Å²) in [5.41, 5.74) is 7.37. The average Bonchev–Trinajstić information content (AvgIpc) is 2.65. The van der Waals surface area contributed by atoms with Crippen molar-refractivity contribution in [3.05, 3.63) is 18.2 Å². The van der Waals surface area contributed by atoms with Gasteiger partial charge in [-0.3, -0.25) is 0 Å². The first-order valence-corrected chi connectivity index (χ1v) is 7.21. The summed E-state index contributed by atoms with van der Waals surface area (Å²) in [6.07, 6.45) is 6.94. The van der Waals surface area contributed by atoms with Crippen molar-refractivity contribution in [1.82, 2.24) is 9.55 Å². The number of thioether (sulfide) groups is 1. The van der Waals surface area contributed by atoms with Gasteiger partial charge in [0.15, 0.2) is 0 Å². The van der Waals surface area contributed by atoms with Crippen molar-refractivity contribution in [3.8, 4) is 0 Å². The van der Waals surface area contributed by atoms with E-state index in [4.69, 9.17) is 5.73 Å². The second-order valence-corrected chi connectivity index (χ2v) is 5.68. The third-order valence-electron chi connectivity index (χ3n) is 2.68. The standard InChI is InChI=1S/C12H23N3S/c1-9(2)5-11(13)12-6-14-8-15(12)10(3)7-16-4/h6,8-11H,5,7,13H2,1-4H3. The highest BCUT2D eigenvalue weighted by Crippen LogP contribution is 2.22. The summed E-state index contributed by atoms with van der Waals surface area (Å²) in [5, 5.41) is 0. The lowest BCUT2D eigenvalue weighted by molar-refractivity contribution is 0.470. The van der Waals surface area contributed by atoms with Gasteiger partial charge in [0.25, 0.3) is 0 Å². The second-order valence-electron chi connectivity index (χ2n) is 4.77. The molecule has 0 amide bonds. The Balaban J connectivity index is 2.76. The van der Waals surface area contributed by atoms with Crippen molar-refractivity contribution < 1.29 is 0 Å². The summed E-state index contributed by atoms with van der Waals surface area (Å²) in [5.74, 6) is 1.71. The lowest BCUT2D eigenvalue weighted by Crippen LogP contribution is -2.19. The Hall–Kier alpha value is -0.480. The molecule has 0 aromatic carbocycles. The number of hydrogen-bond acceptors (Lipinski definition) is 3. The number of nitrogens with two attached hydrogens (primary N) is 1. The van der Waals surface area contributed by atoms with Gasteiger partial charge in [0, 0.05) is 24.0 Å². The van der Waals surface area contributed by atoms with E-state index in [2.05, 4.69) is 36.6 Å². The van der Waals surface area contributed by atoms with Gasteiger partial charge >= 0.3 is 0 Å². The Morgan fingerprint density at radius 2 is 2.12 bits per heavy atom. The fourth-order valence-corrected chi connectivity index (χ4v) is 2.56. The van der Waals surface area contributed by atoms with Crippen LogP contribution in [0.3, 0.4) is 0 Å². The van der Waals surface area contributed by atoms with Crippen LogP contribution in [-0.2, 0) is 0 Å². The van der Waals surface area contributed by atoms with E-state index in [0.717, 1.165) is 17.9 Å². The number of aromatic nitrogens is 2. The number of hydrogen-bond donors (Lipinski definition) is 1. The molecule has 0 radical (unpaired) electrons. The van der Waals surface area contributed by atoms with Crippen molar-refractivity contribution in [3.63, 3.8) is 0 Å². The van der Waals surface area contributed by atoms with E-state index in [-0.39, 0.29) is 6.04 Å². The van der Waals surface area contributed by atoms with Crippen LogP contribution in [0.4, 0.5) is 0 Å². The maximum atomic E-state index is 6.21. The normalized spacial score (nSPS) is 15.4. The molecule has 0 aliphatic carbocycles. The van der Waals surface area contributed by atoms with Crippen LogP contribution in [0.15, 0.2) is 12.5 Å². The van der Waals surface area contributed by atoms with Gasteiger partial charge in [-0.15, -0.1) is 0 Å². The molecule has 0 fully saturated rings. The highest BCUT2D eigenvalue weighted by Gasteiger charge is 2.15. The van der Waals surface area contributed by atoms with E-state index in [0.29, 0.717) is 12.0 Å². The van der Waals surface area contributed by atoms with Crippen molar-refractivity contribution in [2.24, 2.45) is 11.7 Å². The summed E-state index contributed by atoms with van der Waals surface area (Å²) in [4.78, 5) is 4.23. The summed E-state index contributed by atoms with van der Waals surface area (Å²) in [6.45, 7) is 6.61. The average molecular weight is 241 g/mol. The summed E-state index contributed by atoms with van der Waals surface area (Å²) in [7, 11) is 0. The molecule has 3 nitrogen and oxygen atoms in total. The minimum atomic E-state index is 0.104. The van der Waals surface area contributed by atoms with E-state index >= 15 is 0 Å². The molecule has 4 heteroatoms. The van der Waals surface area contributed by atoms with Gasteiger partial charge in [-0.2, -0.15) is 11.8 Å². The number of imidazole rings is 1. The predicted molar refractivity (Wildman–Crippen MR) is 71.7 cm³/mol. The Labute approximate surface area is 103 Å². The topological polar surface area (TPSA) is 43.8 Å². The molecule has 2 N–H and O–H groups in total. The van der Waals surface area contributed by atoms with Crippen molar-refractivity contribution in [2.75, 3.05) is 12.0 Å². The maximum absolute atomic E-state index is 6.21. The molecule has 92 valence electrons. The SMILES string of the molecule is CSCC(C)n1cncc1C(N)CC(C)C. The first kappa shape index (κ1) is 13.6. The molecule has 1 rings (SSSR count). The van der Waals surface area contributed by atoms with Crippen LogP contribution in [0.1, 0.15) is 45.0 Å². The highest BCUT2D eigenvalue weighted by molar-refractivity contribution is 7.98. The van der Waals surface area contributed by atoms with Gasteiger partial charge in [-0.1, -0.05) is 13.8 Å². The molecule has 1 aromatic heterocycles. The Morgan fingerprint density at radius 3 is 2.69 bits per heavy atom. The molecule has 0 aliphatic heterocycles. The molecular formula is C12H23N3S. The fraction of sp³-hybridized carbons (Fsp3) is 0.750. The van der Waals surface area contributed by atoms with Gasteiger partial charge in [0.1, 0.15) is 0 Å². The molecule has 0 spiro atoms. The zero-order valence-corrected chi connectivity index (χ0v) is 11.5. The van der Waals surface area contributed by atoms with Gasteiger partial charge in [0.05, 0.1) is 12.0 Å². The first-order chi connectivity index (χ1) is 7.56. The van der Waals surface area contributed by atoms with Crippen molar-refractivity contribution in [1.29, 1.82) is 0 Å².